The van der Waals surface area contributed by atoms with Crippen LogP contribution in [0.15, 0.2) is 18.2 Å². The minimum atomic E-state index is -0.300. The summed E-state index contributed by atoms with van der Waals surface area (Å²) in [5, 5.41) is 0. The van der Waals surface area contributed by atoms with Crippen LogP contribution >= 0.6 is 0 Å². The van der Waals surface area contributed by atoms with Crippen LogP contribution in [0.2, 0.25) is 0 Å². The molecule has 2 rings (SSSR count). The molecule has 1 heterocycles. The molecule has 3 nitrogen and oxygen atoms in total. The van der Waals surface area contributed by atoms with Crippen molar-refractivity contribution in [1.29, 1.82) is 0 Å². The van der Waals surface area contributed by atoms with E-state index in [1.54, 1.807) is 0 Å². The molecule has 80 valence electrons. The first kappa shape index (κ1) is 10.2. The van der Waals surface area contributed by atoms with Crippen molar-refractivity contribution in [3.63, 3.8) is 0 Å². The van der Waals surface area contributed by atoms with Crippen LogP contribution in [0.1, 0.15) is 25.0 Å². The van der Waals surface area contributed by atoms with Crippen molar-refractivity contribution in [3.8, 4) is 5.75 Å². The Bertz CT molecular complexity index is 405. The van der Waals surface area contributed by atoms with E-state index in [-0.39, 0.29) is 11.6 Å². The maximum Gasteiger partial charge on any atom is 0.308 e. The van der Waals surface area contributed by atoms with Crippen LogP contribution in [0.25, 0.3) is 0 Å². The zero-order valence-corrected chi connectivity index (χ0v) is 9.16. The molecular formula is C12H14O3. The van der Waals surface area contributed by atoms with Crippen molar-refractivity contribution in [3.05, 3.63) is 29.3 Å². The molecule has 1 aliphatic heterocycles. The normalized spacial score (nSPS) is 23.7. The number of epoxide rings is 1. The Kier molecular flexibility index (Phi) is 2.27. The third-order valence-electron chi connectivity index (χ3n) is 2.54. The number of carbonyl (C=O) groups is 1. The molecule has 1 aromatic rings. The lowest BCUT2D eigenvalue weighted by Gasteiger charge is -2.12. The van der Waals surface area contributed by atoms with Crippen molar-refractivity contribution in [2.75, 3.05) is 6.61 Å². The Balaban J connectivity index is 2.40. The number of aryl methyl sites for hydroxylation is 1. The second kappa shape index (κ2) is 3.35. The Morgan fingerprint density at radius 1 is 1.53 bits per heavy atom. The summed E-state index contributed by atoms with van der Waals surface area (Å²) in [6.07, 6.45) is 0. The lowest BCUT2D eigenvalue weighted by molar-refractivity contribution is -0.131. The Hall–Kier alpha value is -1.35. The molecule has 0 aliphatic carbocycles. The molecule has 1 atom stereocenters. The number of benzene rings is 1. The van der Waals surface area contributed by atoms with E-state index in [1.165, 1.54) is 6.92 Å². The van der Waals surface area contributed by atoms with Gasteiger partial charge in [0.15, 0.2) is 0 Å². The van der Waals surface area contributed by atoms with Crippen LogP contribution in [0.3, 0.4) is 0 Å². The van der Waals surface area contributed by atoms with Gasteiger partial charge in [0.1, 0.15) is 11.4 Å². The minimum absolute atomic E-state index is 0.265. The molecule has 1 fully saturated rings. The average Bonchev–Trinajstić information content (AvgIpc) is 2.83. The van der Waals surface area contributed by atoms with Crippen molar-refractivity contribution < 1.29 is 14.3 Å². The summed E-state index contributed by atoms with van der Waals surface area (Å²) in [5.41, 5.74) is 1.75. The van der Waals surface area contributed by atoms with Gasteiger partial charge in [-0.2, -0.15) is 0 Å². The molecule has 0 amide bonds. The summed E-state index contributed by atoms with van der Waals surface area (Å²) < 4.78 is 10.5. The van der Waals surface area contributed by atoms with Gasteiger partial charge in [-0.1, -0.05) is 12.1 Å². The van der Waals surface area contributed by atoms with Crippen molar-refractivity contribution in [2.45, 2.75) is 26.4 Å². The van der Waals surface area contributed by atoms with Crippen LogP contribution < -0.4 is 4.74 Å². The maximum atomic E-state index is 11.0. The smallest absolute Gasteiger partial charge is 0.308 e. The van der Waals surface area contributed by atoms with Gasteiger partial charge < -0.3 is 9.47 Å². The molecule has 0 radical (unpaired) electrons. The standard InChI is InChI=1S/C12H14O3/c1-8-4-5-10(12(3)7-14-12)11(6-8)15-9(2)13/h4-6H,7H2,1-3H3. The van der Waals surface area contributed by atoms with Gasteiger partial charge in [-0.05, 0) is 25.5 Å². The molecule has 3 heteroatoms. The highest BCUT2D eigenvalue weighted by atomic mass is 16.6. The molecule has 0 N–H and O–H groups in total. The fraction of sp³-hybridized carbons (Fsp3) is 0.417. The van der Waals surface area contributed by atoms with Crippen molar-refractivity contribution >= 4 is 5.97 Å². The number of hydrogen-bond acceptors (Lipinski definition) is 3. The summed E-state index contributed by atoms with van der Waals surface area (Å²) in [7, 11) is 0. The largest absolute Gasteiger partial charge is 0.426 e. The number of esters is 1. The first-order chi connectivity index (χ1) is 7.01. The topological polar surface area (TPSA) is 38.8 Å². The third-order valence-corrected chi connectivity index (χ3v) is 2.54. The SMILES string of the molecule is CC(=O)Oc1cc(C)ccc1C1(C)CO1. The van der Waals surface area contributed by atoms with E-state index >= 15 is 0 Å². The van der Waals surface area contributed by atoms with Crippen molar-refractivity contribution in [2.24, 2.45) is 0 Å². The molecule has 0 spiro atoms. The lowest BCUT2D eigenvalue weighted by Crippen LogP contribution is -2.09. The van der Waals surface area contributed by atoms with Gasteiger partial charge in [0, 0.05) is 12.5 Å². The summed E-state index contributed by atoms with van der Waals surface area (Å²) in [4.78, 5) is 11.0. The molecule has 1 saturated heterocycles. The van der Waals surface area contributed by atoms with Gasteiger partial charge in [0.05, 0.1) is 6.61 Å². The predicted molar refractivity (Wildman–Crippen MR) is 55.8 cm³/mol. The average molecular weight is 206 g/mol. The highest BCUT2D eigenvalue weighted by molar-refractivity contribution is 5.70. The minimum Gasteiger partial charge on any atom is -0.426 e. The first-order valence-corrected chi connectivity index (χ1v) is 4.95. The molecule has 15 heavy (non-hydrogen) atoms. The van der Waals surface area contributed by atoms with E-state index in [1.807, 2.05) is 32.0 Å². The van der Waals surface area contributed by atoms with E-state index in [2.05, 4.69) is 0 Å². The van der Waals surface area contributed by atoms with Crippen LogP contribution in [0.5, 0.6) is 5.75 Å². The van der Waals surface area contributed by atoms with Gasteiger partial charge in [0.25, 0.3) is 0 Å². The number of rotatable bonds is 2. The Morgan fingerprint density at radius 2 is 2.20 bits per heavy atom. The molecule has 0 bridgehead atoms. The highest BCUT2D eigenvalue weighted by Crippen LogP contribution is 2.42. The second-order valence-electron chi connectivity index (χ2n) is 4.11. The van der Waals surface area contributed by atoms with Gasteiger partial charge in [-0.3, -0.25) is 4.79 Å². The molecule has 0 saturated carbocycles. The van der Waals surface area contributed by atoms with Crippen LogP contribution in [-0.2, 0) is 15.1 Å². The molecule has 1 unspecified atom stereocenters. The van der Waals surface area contributed by atoms with E-state index in [9.17, 15) is 4.79 Å². The molecular weight excluding hydrogens is 192 g/mol. The van der Waals surface area contributed by atoms with Gasteiger partial charge >= 0.3 is 5.97 Å². The summed E-state index contributed by atoms with van der Waals surface area (Å²) in [6, 6.07) is 5.82. The molecule has 1 aliphatic rings. The van der Waals surface area contributed by atoms with Crippen LogP contribution in [0, 0.1) is 6.92 Å². The quantitative estimate of drug-likeness (QED) is 0.423. The van der Waals surface area contributed by atoms with Crippen LogP contribution in [-0.4, -0.2) is 12.6 Å². The van der Waals surface area contributed by atoms with Crippen LogP contribution in [0.4, 0.5) is 0 Å². The Morgan fingerprint density at radius 3 is 2.73 bits per heavy atom. The fourth-order valence-electron chi connectivity index (χ4n) is 1.57. The van der Waals surface area contributed by atoms with Crippen molar-refractivity contribution in [1.82, 2.24) is 0 Å². The van der Waals surface area contributed by atoms with Gasteiger partial charge in [0.2, 0.25) is 0 Å². The van der Waals surface area contributed by atoms with E-state index in [0.717, 1.165) is 11.1 Å². The number of ether oxygens (including phenoxy) is 2. The van der Waals surface area contributed by atoms with E-state index in [4.69, 9.17) is 9.47 Å². The fourth-order valence-corrected chi connectivity index (χ4v) is 1.57. The lowest BCUT2D eigenvalue weighted by atomic mass is 9.99. The number of carbonyl (C=O) groups excluding carboxylic acids is 1. The molecule has 1 aromatic carbocycles. The van der Waals surface area contributed by atoms with Gasteiger partial charge in [-0.15, -0.1) is 0 Å². The number of hydrogen-bond donors (Lipinski definition) is 0. The maximum absolute atomic E-state index is 11.0. The highest BCUT2D eigenvalue weighted by Gasteiger charge is 2.43. The monoisotopic (exact) mass is 206 g/mol. The summed E-state index contributed by atoms with van der Waals surface area (Å²) >= 11 is 0. The summed E-state index contributed by atoms with van der Waals surface area (Å²) in [5.74, 6) is 0.314. The predicted octanol–water partition coefficient (Wildman–Crippen LogP) is 2.17. The Labute approximate surface area is 89.0 Å². The van der Waals surface area contributed by atoms with E-state index < -0.39 is 0 Å². The second-order valence-corrected chi connectivity index (χ2v) is 4.11. The zero-order chi connectivity index (χ0) is 11.1. The molecule has 0 aromatic heterocycles. The summed E-state index contributed by atoms with van der Waals surface area (Å²) in [6.45, 7) is 6.05. The zero-order valence-electron chi connectivity index (χ0n) is 9.16. The first-order valence-electron chi connectivity index (χ1n) is 4.95. The van der Waals surface area contributed by atoms with Gasteiger partial charge in [-0.25, -0.2) is 0 Å². The van der Waals surface area contributed by atoms with E-state index in [0.29, 0.717) is 12.4 Å². The third kappa shape index (κ3) is 2.02.